The molecule has 0 bridgehead atoms. The molecule has 1 saturated heterocycles. The van der Waals surface area contributed by atoms with Gasteiger partial charge in [0.1, 0.15) is 5.69 Å². The number of nitrogens with zero attached hydrogens (tertiary/aromatic N) is 1. The fourth-order valence-corrected chi connectivity index (χ4v) is 2.11. The van der Waals surface area contributed by atoms with Crippen LogP contribution in [0.2, 0.25) is 0 Å². The molecule has 6 nitrogen and oxygen atoms in total. The summed E-state index contributed by atoms with van der Waals surface area (Å²) in [5, 5.41) is 17.9. The SMILES string of the molecule is O=C(O)c1cccn1C[C@H]1CCO[C@H]1C(=O)O. The number of ether oxygens (including phenoxy) is 1. The van der Waals surface area contributed by atoms with Crippen LogP contribution in [0.25, 0.3) is 0 Å². The van der Waals surface area contributed by atoms with E-state index in [0.29, 0.717) is 19.6 Å². The summed E-state index contributed by atoms with van der Waals surface area (Å²) in [6.45, 7) is 0.761. The largest absolute Gasteiger partial charge is 0.479 e. The van der Waals surface area contributed by atoms with Gasteiger partial charge in [-0.15, -0.1) is 0 Å². The van der Waals surface area contributed by atoms with Crippen molar-refractivity contribution in [2.45, 2.75) is 19.1 Å². The number of aromatic nitrogens is 1. The first-order valence-electron chi connectivity index (χ1n) is 5.32. The van der Waals surface area contributed by atoms with Gasteiger partial charge in [-0.05, 0) is 18.6 Å². The first kappa shape index (κ1) is 11.7. The van der Waals surface area contributed by atoms with Gasteiger partial charge in [-0.25, -0.2) is 9.59 Å². The van der Waals surface area contributed by atoms with E-state index in [-0.39, 0.29) is 11.6 Å². The Morgan fingerprint density at radius 3 is 2.88 bits per heavy atom. The maximum atomic E-state index is 10.9. The van der Waals surface area contributed by atoms with E-state index in [1.165, 1.54) is 6.07 Å². The molecule has 0 aliphatic carbocycles. The molecule has 0 unspecified atom stereocenters. The fourth-order valence-electron chi connectivity index (χ4n) is 2.11. The van der Waals surface area contributed by atoms with E-state index in [9.17, 15) is 9.59 Å². The minimum atomic E-state index is -1.01. The molecule has 0 saturated carbocycles. The molecule has 2 N–H and O–H groups in total. The molecule has 92 valence electrons. The Kier molecular flexibility index (Phi) is 3.14. The second-order valence-corrected chi connectivity index (χ2v) is 4.03. The lowest BCUT2D eigenvalue weighted by atomic mass is 10.0. The van der Waals surface area contributed by atoms with E-state index >= 15 is 0 Å². The molecular weight excluding hydrogens is 226 g/mol. The summed E-state index contributed by atoms with van der Waals surface area (Å²) in [4.78, 5) is 21.8. The molecule has 2 heterocycles. The number of hydrogen-bond acceptors (Lipinski definition) is 3. The molecule has 6 heteroatoms. The molecule has 1 aliphatic rings. The summed E-state index contributed by atoms with van der Waals surface area (Å²) in [5.41, 5.74) is 0.168. The Morgan fingerprint density at radius 1 is 1.47 bits per heavy atom. The van der Waals surface area contributed by atoms with Crippen LogP contribution in [0.15, 0.2) is 18.3 Å². The number of hydrogen-bond donors (Lipinski definition) is 2. The molecule has 0 radical (unpaired) electrons. The maximum Gasteiger partial charge on any atom is 0.352 e. The standard InChI is InChI=1S/C11H13NO5/c13-10(14)8-2-1-4-12(8)6-7-3-5-17-9(7)11(15)16/h1-2,4,7,9H,3,5-6H2,(H,13,14)(H,15,16)/t7-,9-/m1/s1. The minimum absolute atomic E-state index is 0.168. The summed E-state index contributed by atoms with van der Waals surface area (Å²) >= 11 is 0. The van der Waals surface area contributed by atoms with E-state index < -0.39 is 18.0 Å². The zero-order valence-electron chi connectivity index (χ0n) is 9.07. The number of rotatable bonds is 4. The van der Waals surface area contributed by atoms with Crippen molar-refractivity contribution in [1.29, 1.82) is 0 Å². The van der Waals surface area contributed by atoms with Gasteiger partial charge < -0.3 is 19.5 Å². The quantitative estimate of drug-likeness (QED) is 0.806. The van der Waals surface area contributed by atoms with Gasteiger partial charge in [-0.1, -0.05) is 0 Å². The third-order valence-electron chi connectivity index (χ3n) is 2.94. The lowest BCUT2D eigenvalue weighted by Gasteiger charge is -2.16. The van der Waals surface area contributed by atoms with Crippen LogP contribution >= 0.6 is 0 Å². The van der Waals surface area contributed by atoms with Crippen molar-refractivity contribution in [3.8, 4) is 0 Å². The van der Waals surface area contributed by atoms with E-state index in [1.54, 1.807) is 16.8 Å². The molecular formula is C11H13NO5. The van der Waals surface area contributed by atoms with Crippen LogP contribution in [0.3, 0.4) is 0 Å². The average Bonchev–Trinajstić information content (AvgIpc) is 2.86. The second kappa shape index (κ2) is 4.58. The molecule has 1 aliphatic heterocycles. The van der Waals surface area contributed by atoms with Crippen LogP contribution in [0.5, 0.6) is 0 Å². The van der Waals surface area contributed by atoms with Crippen LogP contribution in [0.1, 0.15) is 16.9 Å². The van der Waals surface area contributed by atoms with Gasteiger partial charge in [0.25, 0.3) is 0 Å². The van der Waals surface area contributed by atoms with Crippen LogP contribution in [-0.4, -0.2) is 39.4 Å². The van der Waals surface area contributed by atoms with Crippen molar-refractivity contribution in [1.82, 2.24) is 4.57 Å². The molecule has 2 atom stereocenters. The lowest BCUT2D eigenvalue weighted by molar-refractivity contribution is -0.149. The van der Waals surface area contributed by atoms with Crippen LogP contribution in [-0.2, 0) is 16.1 Å². The number of aromatic carboxylic acids is 1. The first-order chi connectivity index (χ1) is 8.09. The average molecular weight is 239 g/mol. The Labute approximate surface area is 97.4 Å². The van der Waals surface area contributed by atoms with Crippen molar-refractivity contribution < 1.29 is 24.5 Å². The highest BCUT2D eigenvalue weighted by Crippen LogP contribution is 2.23. The van der Waals surface area contributed by atoms with Crippen LogP contribution in [0, 0.1) is 5.92 Å². The zero-order valence-corrected chi connectivity index (χ0v) is 9.07. The van der Waals surface area contributed by atoms with Crippen molar-refractivity contribution >= 4 is 11.9 Å². The van der Waals surface area contributed by atoms with Gasteiger partial charge >= 0.3 is 11.9 Å². The van der Waals surface area contributed by atoms with Gasteiger partial charge in [-0.3, -0.25) is 0 Å². The van der Waals surface area contributed by atoms with Gasteiger partial charge in [0, 0.05) is 25.3 Å². The third kappa shape index (κ3) is 2.31. The van der Waals surface area contributed by atoms with E-state index in [1.807, 2.05) is 0 Å². The smallest absolute Gasteiger partial charge is 0.352 e. The fraction of sp³-hybridized carbons (Fsp3) is 0.455. The predicted octanol–water partition coefficient (Wildman–Crippen LogP) is 0.676. The van der Waals surface area contributed by atoms with Crippen LogP contribution < -0.4 is 0 Å². The van der Waals surface area contributed by atoms with Gasteiger partial charge in [-0.2, -0.15) is 0 Å². The van der Waals surface area contributed by atoms with Crippen LogP contribution in [0.4, 0.5) is 0 Å². The van der Waals surface area contributed by atoms with Crippen molar-refractivity contribution in [3.05, 3.63) is 24.0 Å². The molecule has 1 fully saturated rings. The Morgan fingerprint density at radius 2 is 2.24 bits per heavy atom. The summed E-state index contributed by atoms with van der Waals surface area (Å²) in [5.74, 6) is -2.18. The van der Waals surface area contributed by atoms with Crippen molar-refractivity contribution in [2.24, 2.45) is 5.92 Å². The second-order valence-electron chi connectivity index (χ2n) is 4.03. The summed E-state index contributed by atoms with van der Waals surface area (Å²) in [6.07, 6.45) is 1.44. The Hall–Kier alpha value is -1.82. The summed E-state index contributed by atoms with van der Waals surface area (Å²) < 4.78 is 6.67. The molecule has 0 spiro atoms. The van der Waals surface area contributed by atoms with Crippen molar-refractivity contribution in [2.75, 3.05) is 6.61 Å². The number of carboxylic acid groups (broad SMARTS) is 2. The predicted molar refractivity (Wildman–Crippen MR) is 56.9 cm³/mol. The zero-order chi connectivity index (χ0) is 12.4. The van der Waals surface area contributed by atoms with Gasteiger partial charge in [0.05, 0.1) is 0 Å². The number of carboxylic acids is 2. The molecule has 1 aromatic heterocycles. The van der Waals surface area contributed by atoms with E-state index in [0.717, 1.165) is 0 Å². The normalized spacial score (nSPS) is 23.8. The molecule has 0 aromatic carbocycles. The third-order valence-corrected chi connectivity index (χ3v) is 2.94. The maximum absolute atomic E-state index is 10.9. The topological polar surface area (TPSA) is 88.8 Å². The van der Waals surface area contributed by atoms with Gasteiger partial charge in [0.15, 0.2) is 6.10 Å². The molecule has 2 rings (SSSR count). The van der Waals surface area contributed by atoms with E-state index in [2.05, 4.69) is 0 Å². The highest BCUT2D eigenvalue weighted by molar-refractivity contribution is 5.85. The Balaban J connectivity index is 2.12. The molecule has 0 amide bonds. The number of aliphatic carboxylic acids is 1. The summed E-state index contributed by atoms with van der Waals surface area (Å²) in [6, 6.07) is 3.13. The van der Waals surface area contributed by atoms with E-state index in [4.69, 9.17) is 14.9 Å². The monoisotopic (exact) mass is 239 g/mol. The Bertz CT molecular complexity index is 439. The van der Waals surface area contributed by atoms with Crippen molar-refractivity contribution in [3.63, 3.8) is 0 Å². The molecule has 17 heavy (non-hydrogen) atoms. The number of carbonyl (C=O) groups is 2. The molecule has 1 aromatic rings. The highest BCUT2D eigenvalue weighted by atomic mass is 16.5. The summed E-state index contributed by atoms with van der Waals surface area (Å²) in [7, 11) is 0. The van der Waals surface area contributed by atoms with Gasteiger partial charge in [0.2, 0.25) is 0 Å². The lowest BCUT2D eigenvalue weighted by Crippen LogP contribution is -2.29. The highest BCUT2D eigenvalue weighted by Gasteiger charge is 2.34. The minimum Gasteiger partial charge on any atom is -0.479 e. The first-order valence-corrected chi connectivity index (χ1v) is 5.32.